The second-order valence-corrected chi connectivity index (χ2v) is 7.75. The van der Waals surface area contributed by atoms with Crippen molar-refractivity contribution in [2.45, 2.75) is 44.0 Å². The van der Waals surface area contributed by atoms with Gasteiger partial charge in [0.05, 0.1) is 4.90 Å². The molecule has 2 rings (SSSR count). The zero-order chi connectivity index (χ0) is 17.0. The van der Waals surface area contributed by atoms with Gasteiger partial charge in [0, 0.05) is 18.2 Å². The molecule has 2 unspecified atom stereocenters. The summed E-state index contributed by atoms with van der Waals surface area (Å²) in [5.41, 5.74) is 6.89. The summed E-state index contributed by atoms with van der Waals surface area (Å²) in [6.45, 7) is 4.37. The number of hydrogen-bond acceptors (Lipinski definition) is 4. The lowest BCUT2D eigenvalue weighted by Crippen LogP contribution is -2.40. The summed E-state index contributed by atoms with van der Waals surface area (Å²) >= 11 is 0. The number of sulfonamides is 1. The normalized spacial score (nSPS) is 20.5. The van der Waals surface area contributed by atoms with Crippen LogP contribution in [-0.2, 0) is 10.0 Å². The number of amides is 1. The molecule has 0 heterocycles. The molecule has 1 aromatic carbocycles. The molecule has 0 aliphatic heterocycles. The summed E-state index contributed by atoms with van der Waals surface area (Å²) in [5.74, 6) is 0.0642. The van der Waals surface area contributed by atoms with Gasteiger partial charge in [0.25, 0.3) is 5.91 Å². The van der Waals surface area contributed by atoms with E-state index in [1.807, 2.05) is 0 Å². The highest BCUT2D eigenvalue weighted by Crippen LogP contribution is 2.25. The maximum Gasteiger partial charge on any atom is 0.251 e. The van der Waals surface area contributed by atoms with Crippen LogP contribution in [0.25, 0.3) is 0 Å². The van der Waals surface area contributed by atoms with Gasteiger partial charge in [0.15, 0.2) is 0 Å². The summed E-state index contributed by atoms with van der Waals surface area (Å²) in [7, 11) is -3.58. The van der Waals surface area contributed by atoms with Crippen LogP contribution in [0.2, 0.25) is 0 Å². The Morgan fingerprint density at radius 2 is 2.04 bits per heavy atom. The van der Waals surface area contributed by atoms with E-state index >= 15 is 0 Å². The van der Waals surface area contributed by atoms with E-state index in [4.69, 9.17) is 5.73 Å². The van der Waals surface area contributed by atoms with Gasteiger partial charge in [-0.15, -0.1) is 12.4 Å². The van der Waals surface area contributed by atoms with E-state index < -0.39 is 10.0 Å². The predicted molar refractivity (Wildman–Crippen MR) is 96.9 cm³/mol. The minimum absolute atomic E-state index is 0. The van der Waals surface area contributed by atoms with Gasteiger partial charge in [-0.05, 0) is 49.9 Å². The van der Waals surface area contributed by atoms with Crippen molar-refractivity contribution < 1.29 is 13.2 Å². The molecule has 0 spiro atoms. The largest absolute Gasteiger partial charge is 0.349 e. The van der Waals surface area contributed by atoms with Crippen LogP contribution >= 0.6 is 12.4 Å². The first-order valence-electron chi connectivity index (χ1n) is 8.00. The molecule has 1 amide bonds. The number of carbonyl (C=O) groups excluding carboxylic acids is 1. The number of benzene rings is 1. The Kier molecular flexibility index (Phi) is 7.66. The van der Waals surface area contributed by atoms with Crippen molar-refractivity contribution in [2.24, 2.45) is 11.7 Å². The highest BCUT2D eigenvalue weighted by molar-refractivity contribution is 7.89. The van der Waals surface area contributed by atoms with Crippen molar-refractivity contribution in [3.63, 3.8) is 0 Å². The van der Waals surface area contributed by atoms with Crippen LogP contribution in [0.5, 0.6) is 0 Å². The highest BCUT2D eigenvalue weighted by Gasteiger charge is 2.28. The molecule has 8 heteroatoms. The van der Waals surface area contributed by atoms with Crippen LogP contribution in [-0.4, -0.2) is 33.5 Å². The summed E-state index contributed by atoms with van der Waals surface area (Å²) in [5, 5.41) is 3.01. The number of nitrogens with one attached hydrogen (secondary N) is 2. The first kappa shape index (κ1) is 20.9. The second-order valence-electron chi connectivity index (χ2n) is 5.98. The van der Waals surface area contributed by atoms with Crippen molar-refractivity contribution >= 4 is 28.3 Å². The van der Waals surface area contributed by atoms with Crippen molar-refractivity contribution in [1.82, 2.24) is 10.0 Å². The Morgan fingerprint density at radius 3 is 2.67 bits per heavy atom. The average Bonchev–Trinajstić information content (AvgIpc) is 2.94. The molecule has 4 N–H and O–H groups in total. The van der Waals surface area contributed by atoms with Gasteiger partial charge in [0.1, 0.15) is 0 Å². The van der Waals surface area contributed by atoms with Gasteiger partial charge in [-0.25, -0.2) is 13.1 Å². The number of nitrogens with two attached hydrogens (primary N) is 1. The quantitative estimate of drug-likeness (QED) is 0.702. The lowest BCUT2D eigenvalue weighted by molar-refractivity contribution is 0.0928. The van der Waals surface area contributed by atoms with Gasteiger partial charge in [0.2, 0.25) is 10.0 Å². The van der Waals surface area contributed by atoms with E-state index in [2.05, 4.69) is 10.0 Å². The second kappa shape index (κ2) is 8.80. The molecule has 1 fully saturated rings. The van der Waals surface area contributed by atoms with Crippen LogP contribution in [0.15, 0.2) is 23.1 Å². The summed E-state index contributed by atoms with van der Waals surface area (Å²) in [6.07, 6.45) is 3.00. The molecule has 6 nitrogen and oxygen atoms in total. The van der Waals surface area contributed by atoms with Crippen molar-refractivity contribution in [3.8, 4) is 0 Å². The van der Waals surface area contributed by atoms with Gasteiger partial charge in [-0.3, -0.25) is 4.79 Å². The Hall–Kier alpha value is -1.15. The number of aryl methyl sites for hydroxylation is 1. The van der Waals surface area contributed by atoms with Crippen LogP contribution in [0.3, 0.4) is 0 Å². The van der Waals surface area contributed by atoms with E-state index in [1.54, 1.807) is 19.9 Å². The SMILES string of the molecule is CCNS(=O)(=O)c1ccc(C)c(C(=O)NC2CCCC2CN)c1.Cl. The van der Waals surface area contributed by atoms with Crippen LogP contribution < -0.4 is 15.8 Å². The number of carbonyl (C=O) groups is 1. The van der Waals surface area contributed by atoms with Crippen molar-refractivity contribution in [1.29, 1.82) is 0 Å². The summed E-state index contributed by atoms with van der Waals surface area (Å²) < 4.78 is 26.6. The molecule has 1 aliphatic rings. The molecular weight excluding hydrogens is 350 g/mol. The molecule has 1 saturated carbocycles. The molecule has 0 radical (unpaired) electrons. The summed E-state index contributed by atoms with van der Waals surface area (Å²) in [4.78, 5) is 12.7. The minimum Gasteiger partial charge on any atom is -0.349 e. The van der Waals surface area contributed by atoms with E-state index in [0.717, 1.165) is 24.8 Å². The van der Waals surface area contributed by atoms with Gasteiger partial charge >= 0.3 is 0 Å². The first-order valence-corrected chi connectivity index (χ1v) is 9.48. The van der Waals surface area contributed by atoms with Gasteiger partial charge < -0.3 is 11.1 Å². The Labute approximate surface area is 150 Å². The molecule has 0 aromatic heterocycles. The topological polar surface area (TPSA) is 101 Å². The van der Waals surface area contributed by atoms with Crippen LogP contribution in [0, 0.1) is 12.8 Å². The van der Waals surface area contributed by atoms with E-state index in [1.165, 1.54) is 12.1 Å². The van der Waals surface area contributed by atoms with Crippen molar-refractivity contribution in [2.75, 3.05) is 13.1 Å². The van der Waals surface area contributed by atoms with Gasteiger partial charge in [-0.2, -0.15) is 0 Å². The van der Waals surface area contributed by atoms with E-state index in [-0.39, 0.29) is 29.3 Å². The van der Waals surface area contributed by atoms with Crippen molar-refractivity contribution in [3.05, 3.63) is 29.3 Å². The minimum atomic E-state index is -3.58. The fourth-order valence-corrected chi connectivity index (χ4v) is 4.11. The fourth-order valence-electron chi connectivity index (χ4n) is 3.04. The number of rotatable bonds is 6. The molecule has 0 bridgehead atoms. The summed E-state index contributed by atoms with van der Waals surface area (Å²) in [6, 6.07) is 4.69. The lowest BCUT2D eigenvalue weighted by atomic mass is 10.0. The third-order valence-corrected chi connectivity index (χ3v) is 5.92. The monoisotopic (exact) mass is 375 g/mol. The molecular formula is C16H26ClN3O3S. The maximum atomic E-state index is 12.6. The van der Waals surface area contributed by atoms with Crippen LogP contribution in [0.4, 0.5) is 0 Å². The number of halogens is 1. The third kappa shape index (κ3) is 4.69. The Bertz CT molecular complexity index is 679. The molecule has 2 atom stereocenters. The molecule has 1 aromatic rings. The molecule has 136 valence electrons. The maximum absolute atomic E-state index is 12.6. The number of hydrogen-bond donors (Lipinski definition) is 3. The molecule has 1 aliphatic carbocycles. The first-order chi connectivity index (χ1) is 10.9. The highest BCUT2D eigenvalue weighted by atomic mass is 35.5. The van der Waals surface area contributed by atoms with E-state index in [9.17, 15) is 13.2 Å². The zero-order valence-corrected chi connectivity index (χ0v) is 15.7. The predicted octanol–water partition coefficient (Wildman–Crippen LogP) is 1.57. The van der Waals surface area contributed by atoms with Gasteiger partial charge in [-0.1, -0.05) is 19.4 Å². The molecule has 0 saturated heterocycles. The van der Waals surface area contributed by atoms with Crippen LogP contribution in [0.1, 0.15) is 42.1 Å². The average molecular weight is 376 g/mol. The Balaban J connectivity index is 0.00000288. The fraction of sp³-hybridized carbons (Fsp3) is 0.562. The Morgan fingerprint density at radius 1 is 1.33 bits per heavy atom. The smallest absolute Gasteiger partial charge is 0.251 e. The standard InChI is InChI=1S/C16H25N3O3S.ClH/c1-3-18-23(21,22)13-8-7-11(2)14(9-13)16(20)19-15-6-4-5-12(15)10-17;/h7-9,12,15,18H,3-6,10,17H2,1-2H3,(H,19,20);1H. The lowest BCUT2D eigenvalue weighted by Gasteiger charge is -2.20. The molecule has 24 heavy (non-hydrogen) atoms. The van der Waals surface area contributed by atoms with E-state index in [0.29, 0.717) is 24.6 Å². The third-order valence-electron chi connectivity index (χ3n) is 4.38. The zero-order valence-electron chi connectivity index (χ0n) is 14.0.